The molecule has 0 aromatic carbocycles. The van der Waals surface area contributed by atoms with Crippen LogP contribution in [0.4, 0.5) is 11.6 Å². The van der Waals surface area contributed by atoms with Crippen molar-refractivity contribution >= 4 is 11.6 Å². The number of anilines is 2. The quantitative estimate of drug-likeness (QED) is 0.678. The summed E-state index contributed by atoms with van der Waals surface area (Å²) in [5.41, 5.74) is 5.56. The fourth-order valence-electron chi connectivity index (χ4n) is 1.77. The average molecular weight is 254 g/mol. The van der Waals surface area contributed by atoms with Crippen LogP contribution < -0.4 is 15.8 Å². The Bertz CT molecular complexity index is 372. The highest BCUT2D eigenvalue weighted by Crippen LogP contribution is 2.30. The molecule has 0 spiro atoms. The number of ether oxygens (including phenoxy) is 1. The molecule has 102 valence electrons. The van der Waals surface area contributed by atoms with Crippen molar-refractivity contribution in [3.8, 4) is 5.75 Å². The maximum absolute atomic E-state index is 9.51. The third-order valence-electron chi connectivity index (χ3n) is 3.50. The summed E-state index contributed by atoms with van der Waals surface area (Å²) in [6, 6.07) is 0. The second-order valence-electron chi connectivity index (χ2n) is 4.36. The normalized spacial score (nSPS) is 11.3. The highest BCUT2D eigenvalue weighted by molar-refractivity contribution is 5.61. The third kappa shape index (κ3) is 3.01. The van der Waals surface area contributed by atoms with Crippen molar-refractivity contribution in [2.45, 2.75) is 26.7 Å². The maximum Gasteiger partial charge on any atom is 0.203 e. The number of nitrogens with two attached hydrogens (primary N) is 1. The van der Waals surface area contributed by atoms with Gasteiger partial charge < -0.3 is 20.9 Å². The van der Waals surface area contributed by atoms with Crippen LogP contribution in [0.3, 0.4) is 0 Å². The van der Waals surface area contributed by atoms with Gasteiger partial charge in [0, 0.05) is 12.0 Å². The molecule has 0 aliphatic carbocycles. The molecular weight excluding hydrogens is 232 g/mol. The zero-order valence-corrected chi connectivity index (χ0v) is 11.2. The van der Waals surface area contributed by atoms with Crippen LogP contribution in [-0.2, 0) is 0 Å². The Labute approximate surface area is 108 Å². The van der Waals surface area contributed by atoms with Gasteiger partial charge in [-0.1, -0.05) is 13.8 Å². The number of aliphatic hydroxyl groups excluding tert-OH is 1. The number of methoxy groups -OCH3 is 1. The van der Waals surface area contributed by atoms with E-state index in [1.165, 1.54) is 13.4 Å². The minimum absolute atomic E-state index is 0.135. The van der Waals surface area contributed by atoms with Crippen LogP contribution >= 0.6 is 0 Å². The van der Waals surface area contributed by atoms with E-state index < -0.39 is 0 Å². The van der Waals surface area contributed by atoms with Crippen molar-refractivity contribution < 1.29 is 9.84 Å². The summed E-state index contributed by atoms with van der Waals surface area (Å²) in [5.74, 6) is 1.30. The molecule has 1 rings (SSSR count). The van der Waals surface area contributed by atoms with Crippen LogP contribution in [0.1, 0.15) is 26.7 Å². The molecule has 0 aliphatic rings. The van der Waals surface area contributed by atoms with Crippen molar-refractivity contribution in [2.75, 3.05) is 31.3 Å². The molecule has 0 fully saturated rings. The minimum Gasteiger partial charge on any atom is -0.490 e. The van der Waals surface area contributed by atoms with Crippen LogP contribution in [0.5, 0.6) is 5.75 Å². The van der Waals surface area contributed by atoms with E-state index in [-0.39, 0.29) is 12.0 Å². The van der Waals surface area contributed by atoms with Crippen molar-refractivity contribution in [3.05, 3.63) is 6.33 Å². The lowest BCUT2D eigenvalue weighted by Crippen LogP contribution is -2.32. The van der Waals surface area contributed by atoms with Gasteiger partial charge in [-0.15, -0.1) is 0 Å². The van der Waals surface area contributed by atoms with Crippen LogP contribution in [0.15, 0.2) is 6.33 Å². The van der Waals surface area contributed by atoms with Crippen LogP contribution in [0, 0.1) is 5.41 Å². The molecule has 18 heavy (non-hydrogen) atoms. The molecule has 0 unspecified atom stereocenters. The molecule has 0 saturated carbocycles. The van der Waals surface area contributed by atoms with Crippen molar-refractivity contribution in [1.29, 1.82) is 0 Å². The fourth-order valence-corrected chi connectivity index (χ4v) is 1.77. The van der Waals surface area contributed by atoms with Gasteiger partial charge in [0.2, 0.25) is 5.75 Å². The average Bonchev–Trinajstić information content (AvgIpc) is 2.41. The number of hydrogen-bond donors (Lipinski definition) is 3. The third-order valence-corrected chi connectivity index (χ3v) is 3.50. The predicted molar refractivity (Wildman–Crippen MR) is 71.6 cm³/mol. The SMILES string of the molecule is CCC(CC)(CO)CNc1ncnc(N)c1OC. The monoisotopic (exact) mass is 254 g/mol. The lowest BCUT2D eigenvalue weighted by molar-refractivity contribution is 0.127. The Morgan fingerprint density at radius 1 is 1.39 bits per heavy atom. The van der Waals surface area contributed by atoms with Gasteiger partial charge in [-0.3, -0.25) is 0 Å². The van der Waals surface area contributed by atoms with Gasteiger partial charge in [0.05, 0.1) is 13.7 Å². The summed E-state index contributed by atoms with van der Waals surface area (Å²) < 4.78 is 5.17. The minimum atomic E-state index is -0.148. The maximum atomic E-state index is 9.51. The van der Waals surface area contributed by atoms with E-state index in [1.54, 1.807) is 0 Å². The Hall–Kier alpha value is -1.56. The number of aromatic nitrogens is 2. The van der Waals surface area contributed by atoms with E-state index in [4.69, 9.17) is 10.5 Å². The molecule has 1 heterocycles. The van der Waals surface area contributed by atoms with Crippen LogP contribution in [-0.4, -0.2) is 35.3 Å². The summed E-state index contributed by atoms with van der Waals surface area (Å²) in [5, 5.41) is 12.7. The summed E-state index contributed by atoms with van der Waals surface area (Å²) in [6.07, 6.45) is 3.16. The Balaban J connectivity index is 2.82. The summed E-state index contributed by atoms with van der Waals surface area (Å²) in [6.45, 7) is 4.87. The Morgan fingerprint density at radius 2 is 2.06 bits per heavy atom. The summed E-state index contributed by atoms with van der Waals surface area (Å²) >= 11 is 0. The smallest absolute Gasteiger partial charge is 0.203 e. The zero-order chi connectivity index (χ0) is 13.6. The molecule has 6 nitrogen and oxygen atoms in total. The fraction of sp³-hybridized carbons (Fsp3) is 0.667. The number of rotatable bonds is 7. The highest BCUT2D eigenvalue weighted by atomic mass is 16.5. The summed E-state index contributed by atoms with van der Waals surface area (Å²) in [4.78, 5) is 7.98. The highest BCUT2D eigenvalue weighted by Gasteiger charge is 2.25. The first kappa shape index (κ1) is 14.5. The number of hydrogen-bond acceptors (Lipinski definition) is 6. The second kappa shape index (κ2) is 6.39. The van der Waals surface area contributed by atoms with Crippen molar-refractivity contribution in [3.63, 3.8) is 0 Å². The van der Waals surface area contributed by atoms with Crippen LogP contribution in [0.25, 0.3) is 0 Å². The molecule has 0 amide bonds. The van der Waals surface area contributed by atoms with Crippen molar-refractivity contribution in [2.24, 2.45) is 5.41 Å². The molecule has 1 aromatic rings. The molecular formula is C12H22N4O2. The molecule has 0 saturated heterocycles. The topological polar surface area (TPSA) is 93.3 Å². The standard InChI is InChI=1S/C12H22N4O2/c1-4-12(5-2,7-17)6-14-11-9(18-3)10(13)15-8-16-11/h8,17H,4-7H2,1-3H3,(H3,13,14,15,16). The molecule has 6 heteroatoms. The van der Waals surface area contributed by atoms with Gasteiger partial charge in [0.1, 0.15) is 6.33 Å². The van der Waals surface area contributed by atoms with Gasteiger partial charge >= 0.3 is 0 Å². The largest absolute Gasteiger partial charge is 0.490 e. The first-order chi connectivity index (χ1) is 8.62. The van der Waals surface area contributed by atoms with E-state index in [9.17, 15) is 5.11 Å². The molecule has 0 bridgehead atoms. The van der Waals surface area contributed by atoms with Gasteiger partial charge in [-0.05, 0) is 12.8 Å². The number of aliphatic hydroxyl groups is 1. The van der Waals surface area contributed by atoms with Gasteiger partial charge in [-0.2, -0.15) is 0 Å². The van der Waals surface area contributed by atoms with Crippen LogP contribution in [0.2, 0.25) is 0 Å². The first-order valence-corrected chi connectivity index (χ1v) is 6.11. The Morgan fingerprint density at radius 3 is 2.56 bits per heavy atom. The van der Waals surface area contributed by atoms with E-state index in [0.29, 0.717) is 23.9 Å². The number of nitrogen functional groups attached to an aromatic ring is 1. The number of nitrogens with zero attached hydrogens (tertiary/aromatic N) is 2. The van der Waals surface area contributed by atoms with E-state index >= 15 is 0 Å². The zero-order valence-electron chi connectivity index (χ0n) is 11.2. The molecule has 0 atom stereocenters. The number of nitrogens with one attached hydrogen (secondary N) is 1. The lowest BCUT2D eigenvalue weighted by atomic mass is 9.83. The molecule has 0 aliphatic heterocycles. The van der Waals surface area contributed by atoms with E-state index in [2.05, 4.69) is 29.1 Å². The summed E-state index contributed by atoms with van der Waals surface area (Å²) in [7, 11) is 1.53. The van der Waals surface area contributed by atoms with Gasteiger partial charge in [0.25, 0.3) is 0 Å². The second-order valence-corrected chi connectivity index (χ2v) is 4.36. The molecule has 0 radical (unpaired) electrons. The lowest BCUT2D eigenvalue weighted by Gasteiger charge is -2.30. The van der Waals surface area contributed by atoms with Gasteiger partial charge in [0.15, 0.2) is 11.6 Å². The van der Waals surface area contributed by atoms with Gasteiger partial charge in [-0.25, -0.2) is 9.97 Å². The molecule has 4 N–H and O–H groups in total. The predicted octanol–water partition coefficient (Wildman–Crippen LogP) is 1.28. The Kier molecular flexibility index (Phi) is 5.15. The van der Waals surface area contributed by atoms with Crippen molar-refractivity contribution in [1.82, 2.24) is 9.97 Å². The van der Waals surface area contributed by atoms with E-state index in [0.717, 1.165) is 12.8 Å². The first-order valence-electron chi connectivity index (χ1n) is 6.11. The van der Waals surface area contributed by atoms with E-state index in [1.807, 2.05) is 0 Å². The molecule has 1 aromatic heterocycles.